The van der Waals surface area contributed by atoms with E-state index in [1.54, 1.807) is 0 Å². The molecule has 0 saturated carbocycles. The molecule has 13 heavy (non-hydrogen) atoms. The Kier molecular flexibility index (Phi) is 5.83. The quantitative estimate of drug-likeness (QED) is 0.737. The second-order valence-electron chi connectivity index (χ2n) is 3.61. The minimum absolute atomic E-state index is 0.693. The Hall–Kier alpha value is 0.270. The lowest BCUT2D eigenvalue weighted by Crippen LogP contribution is -2.42. The van der Waals surface area contributed by atoms with Crippen molar-refractivity contribution in [1.29, 1.82) is 0 Å². The summed E-state index contributed by atoms with van der Waals surface area (Å²) in [4.78, 5) is 0. The van der Waals surface area contributed by atoms with Crippen molar-refractivity contribution in [2.45, 2.75) is 38.3 Å². The first-order chi connectivity index (χ1) is 6.36. The van der Waals surface area contributed by atoms with E-state index in [1.165, 1.54) is 25.0 Å². The fraction of sp³-hybridized carbons (Fsp3) is 1.00. The van der Waals surface area contributed by atoms with Crippen molar-refractivity contribution in [3.63, 3.8) is 0 Å². The Balaban J connectivity index is 2.18. The lowest BCUT2D eigenvalue weighted by atomic mass is 10.1. The zero-order valence-electron chi connectivity index (χ0n) is 8.71. The van der Waals surface area contributed by atoms with Crippen LogP contribution in [0.4, 0.5) is 0 Å². The highest BCUT2D eigenvalue weighted by Gasteiger charge is 2.16. The number of hydrogen-bond acceptors (Lipinski definition) is 3. The molecule has 0 bridgehead atoms. The van der Waals surface area contributed by atoms with Crippen LogP contribution in [0.1, 0.15) is 26.2 Å². The molecule has 0 aromatic rings. The number of thioether (sulfide) groups is 1. The second kappa shape index (κ2) is 6.68. The molecule has 0 amide bonds. The summed E-state index contributed by atoms with van der Waals surface area (Å²) >= 11 is 1.93. The van der Waals surface area contributed by atoms with Gasteiger partial charge in [0.2, 0.25) is 0 Å². The third-order valence-electron chi connectivity index (χ3n) is 2.55. The Bertz CT molecular complexity index is 123. The molecule has 1 aliphatic rings. The van der Waals surface area contributed by atoms with Gasteiger partial charge < -0.3 is 10.1 Å². The van der Waals surface area contributed by atoms with Crippen LogP contribution < -0.4 is 5.32 Å². The normalized spacial score (nSPS) is 21.7. The third kappa shape index (κ3) is 4.34. The summed E-state index contributed by atoms with van der Waals surface area (Å²) in [6.45, 7) is 4.13. The average Bonchev–Trinajstić information content (AvgIpc) is 2.19. The van der Waals surface area contributed by atoms with Gasteiger partial charge in [-0.1, -0.05) is 6.92 Å². The maximum Gasteiger partial charge on any atom is 0.0480 e. The van der Waals surface area contributed by atoms with E-state index in [2.05, 4.69) is 18.5 Å². The monoisotopic (exact) mass is 203 g/mol. The molecule has 1 N–H and O–H groups in total. The molecule has 3 heteroatoms. The van der Waals surface area contributed by atoms with E-state index >= 15 is 0 Å². The smallest absolute Gasteiger partial charge is 0.0480 e. The van der Waals surface area contributed by atoms with Crippen molar-refractivity contribution >= 4 is 11.8 Å². The SMILES string of the molecule is CCC(CSC)NC1CCOCC1. The minimum Gasteiger partial charge on any atom is -0.381 e. The Morgan fingerprint density at radius 2 is 2.15 bits per heavy atom. The highest BCUT2D eigenvalue weighted by molar-refractivity contribution is 7.98. The van der Waals surface area contributed by atoms with Gasteiger partial charge in [0.25, 0.3) is 0 Å². The Labute approximate surface area is 85.8 Å². The van der Waals surface area contributed by atoms with Crippen LogP contribution in [-0.2, 0) is 4.74 Å². The first-order valence-electron chi connectivity index (χ1n) is 5.19. The van der Waals surface area contributed by atoms with E-state index in [0.717, 1.165) is 13.2 Å². The third-order valence-corrected chi connectivity index (χ3v) is 3.29. The van der Waals surface area contributed by atoms with Gasteiger partial charge in [0, 0.05) is 31.1 Å². The molecule has 0 radical (unpaired) electrons. The first-order valence-corrected chi connectivity index (χ1v) is 6.59. The van der Waals surface area contributed by atoms with Crippen LogP contribution in [-0.4, -0.2) is 37.3 Å². The van der Waals surface area contributed by atoms with E-state index in [-0.39, 0.29) is 0 Å². The van der Waals surface area contributed by atoms with Gasteiger partial charge >= 0.3 is 0 Å². The highest BCUT2D eigenvalue weighted by atomic mass is 32.2. The van der Waals surface area contributed by atoms with Gasteiger partial charge in [0.15, 0.2) is 0 Å². The van der Waals surface area contributed by atoms with Gasteiger partial charge in [-0.15, -0.1) is 0 Å². The zero-order valence-corrected chi connectivity index (χ0v) is 9.53. The summed E-state index contributed by atoms with van der Waals surface area (Å²) in [5, 5.41) is 3.71. The van der Waals surface area contributed by atoms with Crippen molar-refractivity contribution in [2.24, 2.45) is 0 Å². The molecule has 1 aliphatic heterocycles. The van der Waals surface area contributed by atoms with Gasteiger partial charge in [-0.25, -0.2) is 0 Å². The van der Waals surface area contributed by atoms with Crippen molar-refractivity contribution < 1.29 is 4.74 Å². The predicted molar refractivity (Wildman–Crippen MR) is 59.4 cm³/mol. The largest absolute Gasteiger partial charge is 0.381 e. The second-order valence-corrected chi connectivity index (χ2v) is 4.52. The van der Waals surface area contributed by atoms with Crippen LogP contribution in [0.15, 0.2) is 0 Å². The molecule has 1 unspecified atom stereocenters. The fourth-order valence-corrected chi connectivity index (χ4v) is 2.42. The van der Waals surface area contributed by atoms with Gasteiger partial charge in [-0.05, 0) is 25.5 Å². The van der Waals surface area contributed by atoms with Crippen LogP contribution in [0.3, 0.4) is 0 Å². The van der Waals surface area contributed by atoms with Crippen molar-refractivity contribution in [3.8, 4) is 0 Å². The zero-order chi connectivity index (χ0) is 9.52. The molecular weight excluding hydrogens is 182 g/mol. The molecule has 0 spiro atoms. The molecular formula is C10H21NOS. The van der Waals surface area contributed by atoms with E-state index in [1.807, 2.05) is 11.8 Å². The molecule has 1 heterocycles. The molecule has 0 aliphatic carbocycles. The standard InChI is InChI=1S/C10H21NOS/c1-3-9(8-13-2)11-10-4-6-12-7-5-10/h9-11H,3-8H2,1-2H3. The molecule has 0 aromatic heterocycles. The van der Waals surface area contributed by atoms with Crippen molar-refractivity contribution in [2.75, 3.05) is 25.2 Å². The molecule has 1 rings (SSSR count). The highest BCUT2D eigenvalue weighted by Crippen LogP contribution is 2.10. The minimum atomic E-state index is 0.693. The van der Waals surface area contributed by atoms with Gasteiger partial charge in [0.1, 0.15) is 0 Å². The lowest BCUT2D eigenvalue weighted by Gasteiger charge is -2.27. The number of nitrogens with one attached hydrogen (secondary N) is 1. The topological polar surface area (TPSA) is 21.3 Å². The molecule has 1 atom stereocenters. The summed E-state index contributed by atoms with van der Waals surface area (Å²) in [5.41, 5.74) is 0. The van der Waals surface area contributed by atoms with Gasteiger partial charge in [-0.3, -0.25) is 0 Å². The Morgan fingerprint density at radius 1 is 1.46 bits per heavy atom. The lowest BCUT2D eigenvalue weighted by molar-refractivity contribution is 0.0755. The first kappa shape index (κ1) is 11.3. The molecule has 78 valence electrons. The molecule has 0 aromatic carbocycles. The van der Waals surface area contributed by atoms with Crippen LogP contribution in [0.2, 0.25) is 0 Å². The average molecular weight is 203 g/mol. The number of hydrogen-bond donors (Lipinski definition) is 1. The molecule has 1 saturated heterocycles. The van der Waals surface area contributed by atoms with Crippen LogP contribution in [0.5, 0.6) is 0 Å². The van der Waals surface area contributed by atoms with Gasteiger partial charge in [-0.2, -0.15) is 11.8 Å². The van der Waals surface area contributed by atoms with Crippen molar-refractivity contribution in [1.82, 2.24) is 5.32 Å². The van der Waals surface area contributed by atoms with Crippen LogP contribution >= 0.6 is 11.8 Å². The fourth-order valence-electron chi connectivity index (χ4n) is 1.68. The maximum absolute atomic E-state index is 5.33. The summed E-state index contributed by atoms with van der Waals surface area (Å²) in [5.74, 6) is 1.23. The van der Waals surface area contributed by atoms with Crippen molar-refractivity contribution in [3.05, 3.63) is 0 Å². The van der Waals surface area contributed by atoms with Crippen LogP contribution in [0, 0.1) is 0 Å². The van der Waals surface area contributed by atoms with E-state index in [4.69, 9.17) is 4.74 Å². The van der Waals surface area contributed by atoms with E-state index in [9.17, 15) is 0 Å². The predicted octanol–water partition coefficient (Wildman–Crippen LogP) is 1.90. The summed E-state index contributed by atoms with van der Waals surface area (Å²) in [6.07, 6.45) is 5.78. The van der Waals surface area contributed by atoms with Gasteiger partial charge in [0.05, 0.1) is 0 Å². The van der Waals surface area contributed by atoms with Crippen LogP contribution in [0.25, 0.3) is 0 Å². The summed E-state index contributed by atoms with van der Waals surface area (Å²) < 4.78 is 5.33. The molecule has 2 nitrogen and oxygen atoms in total. The van der Waals surface area contributed by atoms with E-state index in [0.29, 0.717) is 12.1 Å². The number of rotatable bonds is 5. The summed E-state index contributed by atoms with van der Waals surface area (Å²) in [6, 6.07) is 1.39. The van der Waals surface area contributed by atoms with E-state index < -0.39 is 0 Å². The number of ether oxygens (including phenoxy) is 1. The summed E-state index contributed by atoms with van der Waals surface area (Å²) in [7, 11) is 0. The molecule has 1 fully saturated rings. The Morgan fingerprint density at radius 3 is 2.69 bits per heavy atom. The maximum atomic E-state index is 5.33.